The predicted octanol–water partition coefficient (Wildman–Crippen LogP) is 4.86. The van der Waals surface area contributed by atoms with Crippen molar-refractivity contribution in [3.63, 3.8) is 0 Å². The Morgan fingerprint density at radius 2 is 1.44 bits per heavy atom. The Kier molecular flexibility index (Phi) is 9.96. The molecule has 8 nitrogen and oxygen atoms in total. The number of rotatable bonds is 10. The molecule has 0 heterocycles. The SMILES string of the molecule is CC(C)(C)OC(=O)N[C@@H](Cc1ccccc1)C(=O)N[C@@](Cc1ccccc1)(Cc1ccc(O)c(I)c1)C(=O)O. The normalized spacial score (nSPS) is 13.5. The van der Waals surface area contributed by atoms with E-state index in [2.05, 4.69) is 10.6 Å². The van der Waals surface area contributed by atoms with Crippen molar-refractivity contribution in [3.8, 4) is 5.75 Å². The molecule has 2 amide bonds. The number of carbonyl (C=O) groups is 3. The highest BCUT2D eigenvalue weighted by molar-refractivity contribution is 14.1. The molecule has 0 bridgehead atoms. The maximum Gasteiger partial charge on any atom is 0.408 e. The van der Waals surface area contributed by atoms with E-state index in [0.717, 1.165) is 5.56 Å². The van der Waals surface area contributed by atoms with Crippen molar-refractivity contribution >= 4 is 40.6 Å². The minimum atomic E-state index is -1.75. The number of phenols is 1. The van der Waals surface area contributed by atoms with Crippen molar-refractivity contribution in [2.24, 2.45) is 0 Å². The number of ether oxygens (including phenoxy) is 1. The molecule has 0 aliphatic heterocycles. The lowest BCUT2D eigenvalue weighted by Crippen LogP contribution is -2.62. The minimum Gasteiger partial charge on any atom is -0.507 e. The Labute approximate surface area is 241 Å². The number of phenolic OH excluding ortho intramolecular Hbond substituents is 1. The molecule has 9 heteroatoms. The van der Waals surface area contributed by atoms with E-state index in [1.54, 1.807) is 57.2 Å². The van der Waals surface area contributed by atoms with Crippen LogP contribution in [0.5, 0.6) is 5.75 Å². The minimum absolute atomic E-state index is 0.00311. The topological polar surface area (TPSA) is 125 Å². The molecule has 4 N–H and O–H groups in total. The molecular weight excluding hydrogens is 611 g/mol. The fourth-order valence-corrected chi connectivity index (χ4v) is 4.72. The van der Waals surface area contributed by atoms with Crippen molar-refractivity contribution < 1.29 is 29.3 Å². The summed E-state index contributed by atoms with van der Waals surface area (Å²) in [5, 5.41) is 25.9. The highest BCUT2D eigenvalue weighted by Crippen LogP contribution is 2.26. The summed E-state index contributed by atoms with van der Waals surface area (Å²) < 4.78 is 5.94. The summed E-state index contributed by atoms with van der Waals surface area (Å²) >= 11 is 1.97. The van der Waals surface area contributed by atoms with Crippen LogP contribution in [0, 0.1) is 3.57 Å². The molecule has 0 spiro atoms. The van der Waals surface area contributed by atoms with Gasteiger partial charge in [0.05, 0.1) is 3.57 Å². The molecule has 0 fully saturated rings. The summed E-state index contributed by atoms with van der Waals surface area (Å²) in [6, 6.07) is 21.9. The molecule has 2 atom stereocenters. The van der Waals surface area contributed by atoms with Gasteiger partial charge in [0.2, 0.25) is 5.91 Å². The van der Waals surface area contributed by atoms with E-state index in [9.17, 15) is 24.6 Å². The second kappa shape index (κ2) is 13.0. The van der Waals surface area contributed by atoms with Crippen LogP contribution in [-0.4, -0.2) is 45.4 Å². The van der Waals surface area contributed by atoms with Gasteiger partial charge in [-0.15, -0.1) is 0 Å². The molecular formula is C30H33IN2O6. The van der Waals surface area contributed by atoms with E-state index >= 15 is 0 Å². The third-order valence-corrected chi connectivity index (χ3v) is 6.79. The highest BCUT2D eigenvalue weighted by atomic mass is 127. The number of amides is 2. The van der Waals surface area contributed by atoms with Gasteiger partial charge in [0.15, 0.2) is 0 Å². The number of carboxylic acid groups (broad SMARTS) is 1. The van der Waals surface area contributed by atoms with Gasteiger partial charge in [0.1, 0.15) is 22.9 Å². The van der Waals surface area contributed by atoms with Crippen LogP contribution >= 0.6 is 22.6 Å². The number of aliphatic carboxylic acids is 1. The molecule has 3 aromatic rings. The Hall–Kier alpha value is -3.60. The standard InChI is InChI=1S/C30H33IN2O6/c1-29(2,3)39-28(38)32-24(17-20-10-6-4-7-11-20)26(35)33-30(27(36)37,18-21-12-8-5-9-13-21)19-22-14-15-25(34)23(31)16-22/h4-16,24,34H,17-19H2,1-3H3,(H,32,38)(H,33,35)(H,36,37)/t24-,30-/m0/s1. The van der Waals surface area contributed by atoms with Crippen molar-refractivity contribution in [2.75, 3.05) is 0 Å². The van der Waals surface area contributed by atoms with Crippen molar-refractivity contribution in [2.45, 2.75) is 57.2 Å². The number of hydrogen-bond acceptors (Lipinski definition) is 5. The summed E-state index contributed by atoms with van der Waals surface area (Å²) in [5.74, 6) is -1.80. The van der Waals surface area contributed by atoms with Crippen LogP contribution in [0.3, 0.4) is 0 Å². The predicted molar refractivity (Wildman–Crippen MR) is 156 cm³/mol. The summed E-state index contributed by atoms with van der Waals surface area (Å²) in [6.45, 7) is 5.15. The van der Waals surface area contributed by atoms with E-state index < -0.39 is 35.2 Å². The van der Waals surface area contributed by atoms with Gasteiger partial charge in [-0.2, -0.15) is 0 Å². The molecule has 0 aliphatic carbocycles. The number of nitrogens with one attached hydrogen (secondary N) is 2. The maximum atomic E-state index is 13.8. The van der Waals surface area contributed by atoms with Crippen LogP contribution in [0.15, 0.2) is 78.9 Å². The van der Waals surface area contributed by atoms with Crippen LogP contribution in [0.1, 0.15) is 37.5 Å². The van der Waals surface area contributed by atoms with Gasteiger partial charge in [0.25, 0.3) is 0 Å². The Morgan fingerprint density at radius 1 is 0.872 bits per heavy atom. The average molecular weight is 645 g/mol. The Morgan fingerprint density at radius 3 is 1.97 bits per heavy atom. The number of halogens is 1. The van der Waals surface area contributed by atoms with E-state index in [-0.39, 0.29) is 25.0 Å². The number of benzene rings is 3. The van der Waals surface area contributed by atoms with Crippen LogP contribution in [0.4, 0.5) is 4.79 Å². The van der Waals surface area contributed by atoms with Gasteiger partial charge in [-0.25, -0.2) is 9.59 Å². The van der Waals surface area contributed by atoms with E-state index in [1.807, 2.05) is 59.0 Å². The molecule has 206 valence electrons. The number of alkyl carbamates (subject to hydrolysis) is 1. The molecule has 3 rings (SSSR count). The van der Waals surface area contributed by atoms with Gasteiger partial charge in [0, 0.05) is 19.3 Å². The van der Waals surface area contributed by atoms with Gasteiger partial charge in [-0.3, -0.25) is 4.79 Å². The zero-order valence-corrected chi connectivity index (χ0v) is 24.3. The molecule has 0 aliphatic rings. The van der Waals surface area contributed by atoms with Crippen molar-refractivity contribution in [1.29, 1.82) is 0 Å². The number of hydrogen-bond donors (Lipinski definition) is 4. The second-order valence-electron chi connectivity index (χ2n) is 10.4. The van der Waals surface area contributed by atoms with Crippen LogP contribution in [0.25, 0.3) is 0 Å². The Bertz CT molecular complexity index is 1290. The zero-order valence-electron chi connectivity index (χ0n) is 22.1. The first kappa shape index (κ1) is 29.9. The molecule has 3 aromatic carbocycles. The van der Waals surface area contributed by atoms with Crippen LogP contribution in [-0.2, 0) is 33.6 Å². The van der Waals surface area contributed by atoms with Crippen molar-refractivity contribution in [3.05, 3.63) is 99.1 Å². The third kappa shape index (κ3) is 8.98. The second-order valence-corrected chi connectivity index (χ2v) is 11.6. The van der Waals surface area contributed by atoms with E-state index in [4.69, 9.17) is 4.74 Å². The summed E-state index contributed by atoms with van der Waals surface area (Å²) in [4.78, 5) is 39.4. The summed E-state index contributed by atoms with van der Waals surface area (Å²) in [7, 11) is 0. The lowest BCUT2D eigenvalue weighted by molar-refractivity contribution is -0.148. The fourth-order valence-electron chi connectivity index (χ4n) is 4.14. The maximum absolute atomic E-state index is 13.8. The van der Waals surface area contributed by atoms with Gasteiger partial charge >= 0.3 is 12.1 Å². The first-order valence-electron chi connectivity index (χ1n) is 12.5. The third-order valence-electron chi connectivity index (χ3n) is 5.93. The van der Waals surface area contributed by atoms with Gasteiger partial charge < -0.3 is 25.6 Å². The molecule has 0 saturated heterocycles. The number of carbonyl (C=O) groups excluding carboxylic acids is 2. The average Bonchev–Trinajstić information content (AvgIpc) is 2.86. The number of carboxylic acids is 1. The first-order chi connectivity index (χ1) is 18.4. The quantitative estimate of drug-likeness (QED) is 0.234. The molecule has 0 radical (unpaired) electrons. The largest absolute Gasteiger partial charge is 0.507 e. The van der Waals surface area contributed by atoms with Gasteiger partial charge in [-0.1, -0.05) is 66.7 Å². The van der Waals surface area contributed by atoms with Crippen LogP contribution < -0.4 is 10.6 Å². The monoisotopic (exact) mass is 644 g/mol. The summed E-state index contributed by atoms with van der Waals surface area (Å²) in [6.07, 6.45) is -0.708. The lowest BCUT2D eigenvalue weighted by atomic mass is 9.84. The number of aromatic hydroxyl groups is 1. The van der Waals surface area contributed by atoms with Crippen molar-refractivity contribution in [1.82, 2.24) is 10.6 Å². The fraction of sp³-hybridized carbons (Fsp3) is 0.300. The molecule has 0 aromatic heterocycles. The van der Waals surface area contributed by atoms with E-state index in [0.29, 0.717) is 14.7 Å². The molecule has 0 unspecified atom stereocenters. The molecule has 0 saturated carbocycles. The smallest absolute Gasteiger partial charge is 0.408 e. The van der Waals surface area contributed by atoms with Crippen LogP contribution in [0.2, 0.25) is 0 Å². The lowest BCUT2D eigenvalue weighted by Gasteiger charge is -2.33. The highest BCUT2D eigenvalue weighted by Gasteiger charge is 2.42. The van der Waals surface area contributed by atoms with E-state index in [1.165, 1.54) is 6.07 Å². The Balaban J connectivity index is 1.98. The molecule has 39 heavy (non-hydrogen) atoms. The van der Waals surface area contributed by atoms with Gasteiger partial charge in [-0.05, 0) is 72.2 Å². The summed E-state index contributed by atoms with van der Waals surface area (Å²) in [5.41, 5.74) is -0.413. The zero-order chi connectivity index (χ0) is 28.6. The first-order valence-corrected chi connectivity index (χ1v) is 13.5.